The van der Waals surface area contributed by atoms with E-state index in [1.54, 1.807) is 20.0 Å². The van der Waals surface area contributed by atoms with Crippen molar-refractivity contribution < 1.29 is 27.8 Å². The smallest absolute Gasteiger partial charge is 0.387 e. The Morgan fingerprint density at radius 1 is 1.33 bits per heavy atom. The van der Waals surface area contributed by atoms with Crippen molar-refractivity contribution in [2.45, 2.75) is 26.0 Å². The third kappa shape index (κ3) is 5.18. The van der Waals surface area contributed by atoms with E-state index >= 15 is 0 Å². The van der Waals surface area contributed by atoms with E-state index in [1.165, 1.54) is 19.2 Å². The van der Waals surface area contributed by atoms with Crippen molar-refractivity contribution in [1.29, 1.82) is 0 Å². The molecule has 7 heteroatoms. The molecule has 0 heterocycles. The van der Waals surface area contributed by atoms with Gasteiger partial charge in [0, 0.05) is 6.04 Å². The molecular formula is C14H19F2NO4. The second-order valence-corrected chi connectivity index (χ2v) is 4.14. The number of alkyl halides is 2. The van der Waals surface area contributed by atoms with Crippen LogP contribution < -0.4 is 14.8 Å². The Balaban J connectivity index is 2.96. The summed E-state index contributed by atoms with van der Waals surface area (Å²) >= 11 is 0. The molecule has 1 rings (SSSR count). The highest BCUT2D eigenvalue weighted by atomic mass is 19.3. The normalized spacial score (nSPS) is 12.1. The van der Waals surface area contributed by atoms with Gasteiger partial charge in [-0.25, -0.2) is 0 Å². The number of carbonyl (C=O) groups excluding carboxylic acids is 1. The molecule has 0 saturated heterocycles. The lowest BCUT2D eigenvalue weighted by molar-refractivity contribution is -0.143. The van der Waals surface area contributed by atoms with Crippen LogP contribution in [0.3, 0.4) is 0 Å². The average molecular weight is 303 g/mol. The largest absolute Gasteiger partial charge is 0.493 e. The summed E-state index contributed by atoms with van der Waals surface area (Å²) in [4.78, 5) is 11.5. The van der Waals surface area contributed by atoms with E-state index in [-0.39, 0.29) is 36.5 Å². The zero-order valence-corrected chi connectivity index (χ0v) is 12.2. The van der Waals surface area contributed by atoms with Gasteiger partial charge in [-0.3, -0.25) is 4.79 Å². The van der Waals surface area contributed by atoms with Crippen LogP contribution in [0, 0.1) is 0 Å². The van der Waals surface area contributed by atoms with Crippen molar-refractivity contribution in [3.63, 3.8) is 0 Å². The second-order valence-electron chi connectivity index (χ2n) is 4.14. The molecule has 0 aliphatic rings. The number of benzene rings is 1. The maximum absolute atomic E-state index is 12.4. The van der Waals surface area contributed by atoms with Gasteiger partial charge in [-0.1, -0.05) is 6.07 Å². The quantitative estimate of drug-likeness (QED) is 0.748. The van der Waals surface area contributed by atoms with Crippen LogP contribution in [0.25, 0.3) is 0 Å². The van der Waals surface area contributed by atoms with Crippen molar-refractivity contribution in [1.82, 2.24) is 5.32 Å². The van der Waals surface area contributed by atoms with Crippen LogP contribution in [0.2, 0.25) is 0 Å². The highest BCUT2D eigenvalue weighted by molar-refractivity contribution is 5.70. The van der Waals surface area contributed by atoms with E-state index in [0.717, 1.165) is 0 Å². The first-order valence-corrected chi connectivity index (χ1v) is 6.47. The van der Waals surface area contributed by atoms with Crippen molar-refractivity contribution >= 4 is 5.97 Å². The molecule has 21 heavy (non-hydrogen) atoms. The van der Waals surface area contributed by atoms with Crippen molar-refractivity contribution in [3.8, 4) is 11.5 Å². The first kappa shape index (κ1) is 17.2. The Bertz CT molecular complexity index is 468. The Hall–Kier alpha value is -1.89. The van der Waals surface area contributed by atoms with Crippen LogP contribution in [0.15, 0.2) is 18.2 Å². The average Bonchev–Trinajstić information content (AvgIpc) is 2.44. The molecule has 1 aromatic rings. The minimum atomic E-state index is -2.95. The van der Waals surface area contributed by atoms with Gasteiger partial charge in [0.25, 0.3) is 0 Å². The number of methoxy groups -OCH3 is 1. The lowest BCUT2D eigenvalue weighted by Crippen LogP contribution is -2.21. The Morgan fingerprint density at radius 2 is 2.05 bits per heavy atom. The molecule has 0 aliphatic heterocycles. The van der Waals surface area contributed by atoms with E-state index in [1.807, 2.05) is 0 Å². The fourth-order valence-corrected chi connectivity index (χ4v) is 1.87. The topological polar surface area (TPSA) is 56.8 Å². The van der Waals surface area contributed by atoms with Gasteiger partial charge in [0.2, 0.25) is 0 Å². The molecule has 1 aromatic carbocycles. The number of halogens is 2. The fraction of sp³-hybridized carbons (Fsp3) is 0.500. The van der Waals surface area contributed by atoms with Crippen LogP contribution in [0.4, 0.5) is 8.78 Å². The first-order chi connectivity index (χ1) is 10.0. The van der Waals surface area contributed by atoms with Gasteiger partial charge in [0.15, 0.2) is 11.5 Å². The predicted octanol–water partition coefficient (Wildman–Crippen LogP) is 2.51. The predicted molar refractivity (Wildman–Crippen MR) is 72.7 cm³/mol. The van der Waals surface area contributed by atoms with Gasteiger partial charge in [-0.15, -0.1) is 0 Å². The molecule has 118 valence electrons. The monoisotopic (exact) mass is 303 g/mol. The molecule has 0 radical (unpaired) electrons. The van der Waals surface area contributed by atoms with Crippen molar-refractivity contribution in [2.24, 2.45) is 0 Å². The summed E-state index contributed by atoms with van der Waals surface area (Å²) in [6.45, 7) is -0.946. The first-order valence-electron chi connectivity index (χ1n) is 6.47. The number of hydrogen-bond donors (Lipinski definition) is 1. The SMILES string of the molecule is CCOC(=O)CC(NC)c1ccc(OC)c(OC(F)F)c1. The van der Waals surface area contributed by atoms with Gasteiger partial charge in [0.1, 0.15) is 0 Å². The summed E-state index contributed by atoms with van der Waals surface area (Å²) in [7, 11) is 3.03. The molecule has 0 amide bonds. The summed E-state index contributed by atoms with van der Waals surface area (Å²) in [5.74, 6) is -0.247. The molecule has 0 aromatic heterocycles. The molecular weight excluding hydrogens is 284 g/mol. The number of rotatable bonds is 8. The molecule has 5 nitrogen and oxygen atoms in total. The Morgan fingerprint density at radius 3 is 2.57 bits per heavy atom. The maximum Gasteiger partial charge on any atom is 0.387 e. The molecule has 0 spiro atoms. The Kier molecular flexibility index (Phi) is 6.87. The van der Waals surface area contributed by atoms with E-state index in [4.69, 9.17) is 9.47 Å². The summed E-state index contributed by atoms with van der Waals surface area (Å²) in [5, 5.41) is 2.94. The summed E-state index contributed by atoms with van der Waals surface area (Å²) in [5.41, 5.74) is 0.627. The number of carbonyl (C=O) groups is 1. The van der Waals surface area contributed by atoms with Gasteiger partial charge < -0.3 is 19.5 Å². The lowest BCUT2D eigenvalue weighted by Gasteiger charge is -2.18. The molecule has 1 unspecified atom stereocenters. The summed E-state index contributed by atoms with van der Waals surface area (Å²) in [6, 6.07) is 4.25. The zero-order valence-electron chi connectivity index (χ0n) is 12.2. The number of esters is 1. The third-order valence-corrected chi connectivity index (χ3v) is 2.83. The molecule has 0 fully saturated rings. The maximum atomic E-state index is 12.4. The highest BCUT2D eigenvalue weighted by Crippen LogP contribution is 2.32. The molecule has 0 saturated carbocycles. The van der Waals surface area contributed by atoms with Gasteiger partial charge in [-0.2, -0.15) is 8.78 Å². The van der Waals surface area contributed by atoms with E-state index < -0.39 is 6.61 Å². The van der Waals surface area contributed by atoms with Crippen molar-refractivity contribution in [2.75, 3.05) is 20.8 Å². The molecule has 1 atom stereocenters. The van der Waals surface area contributed by atoms with E-state index in [2.05, 4.69) is 10.1 Å². The molecule has 0 bridgehead atoms. The molecule has 0 aliphatic carbocycles. The minimum absolute atomic E-state index is 0.0749. The number of nitrogens with one attached hydrogen (secondary N) is 1. The van der Waals surface area contributed by atoms with Crippen LogP contribution >= 0.6 is 0 Å². The van der Waals surface area contributed by atoms with Crippen molar-refractivity contribution in [3.05, 3.63) is 23.8 Å². The number of ether oxygens (including phenoxy) is 3. The Labute approximate surface area is 122 Å². The minimum Gasteiger partial charge on any atom is -0.493 e. The van der Waals surface area contributed by atoms with E-state index in [9.17, 15) is 13.6 Å². The van der Waals surface area contributed by atoms with Crippen LogP contribution in [0.5, 0.6) is 11.5 Å². The summed E-state index contributed by atoms with van der Waals surface area (Å²) in [6.07, 6.45) is 0.0881. The van der Waals surface area contributed by atoms with Crippen LogP contribution in [-0.2, 0) is 9.53 Å². The van der Waals surface area contributed by atoms with E-state index in [0.29, 0.717) is 5.56 Å². The van der Waals surface area contributed by atoms with Gasteiger partial charge in [0.05, 0.1) is 20.1 Å². The standard InChI is InChI=1S/C14H19F2NO4/c1-4-20-13(18)8-10(17-2)9-5-6-11(19-3)12(7-9)21-14(15)16/h5-7,10,14,17H,4,8H2,1-3H3. The third-order valence-electron chi connectivity index (χ3n) is 2.83. The lowest BCUT2D eigenvalue weighted by atomic mass is 10.0. The van der Waals surface area contributed by atoms with Crippen LogP contribution in [-0.4, -0.2) is 33.3 Å². The highest BCUT2D eigenvalue weighted by Gasteiger charge is 2.18. The van der Waals surface area contributed by atoms with Crippen LogP contribution in [0.1, 0.15) is 24.9 Å². The van der Waals surface area contributed by atoms with Gasteiger partial charge in [-0.05, 0) is 31.7 Å². The zero-order chi connectivity index (χ0) is 15.8. The summed E-state index contributed by atoms with van der Waals surface area (Å²) < 4.78 is 39.1. The van der Waals surface area contributed by atoms with Gasteiger partial charge >= 0.3 is 12.6 Å². The fourth-order valence-electron chi connectivity index (χ4n) is 1.87. The molecule has 1 N–H and O–H groups in total. The number of hydrogen-bond acceptors (Lipinski definition) is 5. The second kappa shape index (κ2) is 8.41.